The van der Waals surface area contributed by atoms with Gasteiger partial charge in [-0.15, -0.1) is 0 Å². The van der Waals surface area contributed by atoms with Crippen molar-refractivity contribution in [2.45, 2.75) is 6.92 Å². The maximum absolute atomic E-state index is 11.2. The Balaban J connectivity index is 2.32. The van der Waals surface area contributed by atoms with E-state index in [0.29, 0.717) is 0 Å². The summed E-state index contributed by atoms with van der Waals surface area (Å²) < 4.78 is 0. The summed E-state index contributed by atoms with van der Waals surface area (Å²) in [6.07, 6.45) is 0. The third kappa shape index (κ3) is 1.82. The zero-order valence-corrected chi connectivity index (χ0v) is 10.1. The first-order valence-corrected chi connectivity index (χ1v) is 5.93. The summed E-state index contributed by atoms with van der Waals surface area (Å²) in [4.78, 5) is 11.2. The molecule has 0 fully saturated rings. The molecule has 0 atom stereocenters. The molecule has 0 heterocycles. The van der Waals surface area contributed by atoms with Crippen LogP contribution in [-0.2, 0) is 4.79 Å². The molecule has 0 unspecified atom stereocenters. The molecular weight excluding hydrogens is 222 g/mol. The van der Waals surface area contributed by atoms with E-state index in [-0.39, 0.29) is 5.91 Å². The quantitative estimate of drug-likeness (QED) is 0.636. The van der Waals surface area contributed by atoms with Crippen LogP contribution in [-0.4, -0.2) is 5.91 Å². The SMILES string of the molecule is CC(=O)Nc1cccc2cc3ccccc3cc12. The molecule has 1 N–H and O–H groups in total. The van der Waals surface area contributed by atoms with Crippen molar-refractivity contribution in [2.75, 3.05) is 5.32 Å². The molecule has 0 aliphatic rings. The molecule has 2 nitrogen and oxygen atoms in total. The van der Waals surface area contributed by atoms with Crippen LogP contribution in [0.3, 0.4) is 0 Å². The first-order valence-electron chi connectivity index (χ1n) is 5.93. The number of anilines is 1. The third-order valence-electron chi connectivity index (χ3n) is 3.06. The molecule has 0 aliphatic heterocycles. The van der Waals surface area contributed by atoms with E-state index in [1.807, 2.05) is 24.3 Å². The Morgan fingerprint density at radius 1 is 0.889 bits per heavy atom. The third-order valence-corrected chi connectivity index (χ3v) is 3.06. The minimum absolute atomic E-state index is 0.0457. The lowest BCUT2D eigenvalue weighted by atomic mass is 10.0. The monoisotopic (exact) mass is 235 g/mol. The lowest BCUT2D eigenvalue weighted by molar-refractivity contribution is -0.114. The van der Waals surface area contributed by atoms with Gasteiger partial charge in [-0.2, -0.15) is 0 Å². The lowest BCUT2D eigenvalue weighted by Crippen LogP contribution is -2.05. The largest absolute Gasteiger partial charge is 0.326 e. The molecule has 0 bridgehead atoms. The standard InChI is InChI=1S/C16H13NO/c1-11(18)17-16-8-4-7-14-9-12-5-2-3-6-13(12)10-15(14)16/h2-10H,1H3,(H,17,18). The Morgan fingerprint density at radius 3 is 2.28 bits per heavy atom. The average Bonchev–Trinajstić information content (AvgIpc) is 2.36. The highest BCUT2D eigenvalue weighted by molar-refractivity contribution is 6.07. The zero-order chi connectivity index (χ0) is 12.5. The summed E-state index contributed by atoms with van der Waals surface area (Å²) >= 11 is 0. The molecule has 2 heteroatoms. The van der Waals surface area contributed by atoms with Gasteiger partial charge in [0.05, 0.1) is 0 Å². The normalized spacial score (nSPS) is 10.7. The van der Waals surface area contributed by atoms with Gasteiger partial charge in [0.25, 0.3) is 0 Å². The van der Waals surface area contributed by atoms with Crippen molar-refractivity contribution in [2.24, 2.45) is 0 Å². The van der Waals surface area contributed by atoms with Gasteiger partial charge >= 0.3 is 0 Å². The second-order valence-corrected chi connectivity index (χ2v) is 4.41. The summed E-state index contributed by atoms with van der Waals surface area (Å²) in [5.41, 5.74) is 0.866. The molecule has 0 saturated carbocycles. The van der Waals surface area contributed by atoms with Crippen molar-refractivity contribution in [1.82, 2.24) is 0 Å². The maximum Gasteiger partial charge on any atom is 0.221 e. The van der Waals surface area contributed by atoms with E-state index in [1.54, 1.807) is 0 Å². The smallest absolute Gasteiger partial charge is 0.221 e. The van der Waals surface area contributed by atoms with Crippen LogP contribution < -0.4 is 5.32 Å². The molecule has 18 heavy (non-hydrogen) atoms. The van der Waals surface area contributed by atoms with Gasteiger partial charge in [0.15, 0.2) is 0 Å². The molecule has 0 aromatic heterocycles. The van der Waals surface area contributed by atoms with Gasteiger partial charge in [-0.3, -0.25) is 4.79 Å². The Bertz CT molecular complexity index is 746. The van der Waals surface area contributed by atoms with Crippen LogP contribution in [0.1, 0.15) is 6.92 Å². The van der Waals surface area contributed by atoms with Crippen molar-refractivity contribution in [3.05, 3.63) is 54.6 Å². The lowest BCUT2D eigenvalue weighted by Gasteiger charge is -2.08. The second kappa shape index (κ2) is 4.15. The number of fused-ring (bicyclic) bond motifs is 2. The van der Waals surface area contributed by atoms with Gasteiger partial charge in [-0.05, 0) is 34.4 Å². The Morgan fingerprint density at radius 2 is 1.56 bits per heavy atom. The molecule has 0 spiro atoms. The van der Waals surface area contributed by atoms with Gasteiger partial charge < -0.3 is 5.32 Å². The maximum atomic E-state index is 11.2. The first-order chi connectivity index (χ1) is 8.74. The number of benzene rings is 3. The highest BCUT2D eigenvalue weighted by atomic mass is 16.1. The van der Waals surface area contributed by atoms with Crippen molar-refractivity contribution >= 4 is 33.1 Å². The van der Waals surface area contributed by atoms with E-state index in [4.69, 9.17) is 0 Å². The van der Waals surface area contributed by atoms with Crippen molar-refractivity contribution in [3.8, 4) is 0 Å². The summed E-state index contributed by atoms with van der Waals surface area (Å²) in [6.45, 7) is 1.53. The van der Waals surface area contributed by atoms with Crippen LogP contribution in [0.5, 0.6) is 0 Å². The summed E-state index contributed by atoms with van der Waals surface area (Å²) in [6, 6.07) is 18.5. The highest BCUT2D eigenvalue weighted by Gasteiger charge is 2.03. The van der Waals surface area contributed by atoms with Gasteiger partial charge in [-0.25, -0.2) is 0 Å². The fourth-order valence-electron chi connectivity index (χ4n) is 2.27. The van der Waals surface area contributed by atoms with E-state index in [9.17, 15) is 4.79 Å². The number of hydrogen-bond donors (Lipinski definition) is 1. The fraction of sp³-hybridized carbons (Fsp3) is 0.0625. The number of hydrogen-bond acceptors (Lipinski definition) is 1. The minimum atomic E-state index is -0.0457. The Hall–Kier alpha value is -2.35. The molecule has 1 amide bonds. The van der Waals surface area contributed by atoms with Crippen LogP contribution in [0.4, 0.5) is 5.69 Å². The number of carbonyl (C=O) groups is 1. The summed E-state index contributed by atoms with van der Waals surface area (Å²) in [7, 11) is 0. The van der Waals surface area contributed by atoms with Crippen LogP contribution in [0, 0.1) is 0 Å². The molecule has 0 radical (unpaired) electrons. The summed E-state index contributed by atoms with van der Waals surface area (Å²) in [5, 5.41) is 7.48. The van der Waals surface area contributed by atoms with Crippen molar-refractivity contribution in [3.63, 3.8) is 0 Å². The average molecular weight is 235 g/mol. The number of amides is 1. The highest BCUT2D eigenvalue weighted by Crippen LogP contribution is 2.28. The van der Waals surface area contributed by atoms with Crippen molar-refractivity contribution < 1.29 is 4.79 Å². The van der Waals surface area contributed by atoms with E-state index in [2.05, 4.69) is 35.6 Å². The predicted molar refractivity (Wildman–Crippen MR) is 75.8 cm³/mol. The molecular formula is C16H13NO. The van der Waals surface area contributed by atoms with E-state index in [0.717, 1.165) is 16.5 Å². The molecule has 0 saturated heterocycles. The Labute approximate surface area is 105 Å². The zero-order valence-electron chi connectivity index (χ0n) is 10.1. The molecule has 3 aromatic carbocycles. The summed E-state index contributed by atoms with van der Waals surface area (Å²) in [5.74, 6) is -0.0457. The number of nitrogens with one attached hydrogen (secondary N) is 1. The van der Waals surface area contributed by atoms with E-state index < -0.39 is 0 Å². The molecule has 88 valence electrons. The van der Waals surface area contributed by atoms with Gasteiger partial charge in [0, 0.05) is 18.0 Å². The van der Waals surface area contributed by atoms with Crippen LogP contribution in [0.15, 0.2) is 54.6 Å². The van der Waals surface area contributed by atoms with Gasteiger partial charge in [-0.1, -0.05) is 36.4 Å². The fourth-order valence-corrected chi connectivity index (χ4v) is 2.27. The topological polar surface area (TPSA) is 29.1 Å². The van der Waals surface area contributed by atoms with Gasteiger partial charge in [0.1, 0.15) is 0 Å². The number of carbonyl (C=O) groups excluding carboxylic acids is 1. The predicted octanol–water partition coefficient (Wildman–Crippen LogP) is 3.95. The molecule has 0 aliphatic carbocycles. The van der Waals surface area contributed by atoms with Crippen molar-refractivity contribution in [1.29, 1.82) is 0 Å². The van der Waals surface area contributed by atoms with Crippen LogP contribution >= 0.6 is 0 Å². The Kier molecular flexibility index (Phi) is 2.49. The van der Waals surface area contributed by atoms with Gasteiger partial charge in [0.2, 0.25) is 5.91 Å². The van der Waals surface area contributed by atoms with Crippen LogP contribution in [0.25, 0.3) is 21.5 Å². The second-order valence-electron chi connectivity index (χ2n) is 4.41. The minimum Gasteiger partial charge on any atom is -0.326 e. The first kappa shape index (κ1) is 10.8. The number of rotatable bonds is 1. The van der Waals surface area contributed by atoms with Crippen LogP contribution in [0.2, 0.25) is 0 Å². The molecule has 3 aromatic rings. The van der Waals surface area contributed by atoms with E-state index >= 15 is 0 Å². The molecule has 3 rings (SSSR count). The van der Waals surface area contributed by atoms with E-state index in [1.165, 1.54) is 17.7 Å².